The summed E-state index contributed by atoms with van der Waals surface area (Å²) in [7, 11) is 1.60. The number of aromatic nitrogens is 2. The Morgan fingerprint density at radius 3 is 2.75 bits per heavy atom. The highest BCUT2D eigenvalue weighted by molar-refractivity contribution is 7.71. The van der Waals surface area contributed by atoms with Gasteiger partial charge in [0.15, 0.2) is 4.77 Å². The van der Waals surface area contributed by atoms with E-state index in [1.165, 1.54) is 4.57 Å². The Bertz CT molecular complexity index is 1090. The summed E-state index contributed by atoms with van der Waals surface area (Å²) in [4.78, 5) is 27.6. The molecule has 1 aromatic heterocycles. The molecule has 0 fully saturated rings. The van der Waals surface area contributed by atoms with Gasteiger partial charge in [0.2, 0.25) is 0 Å². The van der Waals surface area contributed by atoms with E-state index in [0.717, 1.165) is 5.56 Å². The van der Waals surface area contributed by atoms with Gasteiger partial charge in [-0.1, -0.05) is 17.7 Å². The number of aromatic amines is 1. The number of H-pyrrole nitrogens is 1. The number of halogens is 1. The molecule has 3 rings (SSSR count). The minimum absolute atomic E-state index is 0.202. The summed E-state index contributed by atoms with van der Waals surface area (Å²) < 4.78 is 1.66. The predicted molar refractivity (Wildman–Crippen MR) is 98.5 cm³/mol. The van der Waals surface area contributed by atoms with Gasteiger partial charge < -0.3 is 10.3 Å². The molecule has 0 radical (unpaired) electrons. The fourth-order valence-corrected chi connectivity index (χ4v) is 2.74. The van der Waals surface area contributed by atoms with Crippen molar-refractivity contribution in [1.82, 2.24) is 9.55 Å². The zero-order valence-electron chi connectivity index (χ0n) is 13.0. The van der Waals surface area contributed by atoms with E-state index in [2.05, 4.69) is 10.3 Å². The van der Waals surface area contributed by atoms with Crippen molar-refractivity contribution >= 4 is 46.3 Å². The van der Waals surface area contributed by atoms with Crippen LogP contribution in [0.3, 0.4) is 0 Å². The van der Waals surface area contributed by atoms with E-state index in [0.29, 0.717) is 31.9 Å². The Morgan fingerprint density at radius 2 is 2.00 bits per heavy atom. The van der Waals surface area contributed by atoms with Crippen LogP contribution in [0.2, 0.25) is 5.02 Å². The van der Waals surface area contributed by atoms with Crippen molar-refractivity contribution in [2.24, 2.45) is 7.05 Å². The Morgan fingerprint density at radius 1 is 1.25 bits per heavy atom. The Kier molecular flexibility index (Phi) is 4.26. The van der Waals surface area contributed by atoms with Gasteiger partial charge in [-0.2, -0.15) is 0 Å². The second kappa shape index (κ2) is 6.22. The summed E-state index contributed by atoms with van der Waals surface area (Å²) >= 11 is 11.1. The van der Waals surface area contributed by atoms with Crippen LogP contribution < -0.4 is 10.9 Å². The van der Waals surface area contributed by atoms with E-state index in [-0.39, 0.29) is 11.5 Å². The van der Waals surface area contributed by atoms with E-state index < -0.39 is 0 Å². The molecule has 5 nitrogen and oxygen atoms in total. The molecule has 1 amide bonds. The number of hydrogen-bond acceptors (Lipinski definition) is 3. The van der Waals surface area contributed by atoms with Crippen LogP contribution >= 0.6 is 23.8 Å². The SMILES string of the molecule is Cc1ccc(Cl)cc1NC(=O)c1ccc2c(=O)n(C)c(=S)[nH]c2c1. The van der Waals surface area contributed by atoms with Crippen molar-refractivity contribution < 1.29 is 4.79 Å². The van der Waals surface area contributed by atoms with Crippen molar-refractivity contribution in [2.45, 2.75) is 6.92 Å². The first-order valence-electron chi connectivity index (χ1n) is 7.17. The molecule has 0 saturated heterocycles. The Hall–Kier alpha value is -2.44. The quantitative estimate of drug-likeness (QED) is 0.684. The normalized spacial score (nSPS) is 10.8. The van der Waals surface area contributed by atoms with Crippen LogP contribution in [-0.2, 0) is 7.05 Å². The monoisotopic (exact) mass is 359 g/mol. The summed E-state index contributed by atoms with van der Waals surface area (Å²) in [5.41, 5.74) is 2.29. The number of fused-ring (bicyclic) bond motifs is 1. The minimum Gasteiger partial charge on any atom is -0.332 e. The number of carbonyl (C=O) groups is 1. The van der Waals surface area contributed by atoms with Crippen LogP contribution in [-0.4, -0.2) is 15.5 Å². The standard InChI is InChI=1S/C17H14ClN3O2S/c1-9-3-5-11(18)8-13(9)19-15(22)10-4-6-12-14(7-10)20-17(24)21(2)16(12)23/h3-8H,1-2H3,(H,19,22)(H,20,24). The third-order valence-corrected chi connectivity index (χ3v) is 4.42. The molecule has 0 aliphatic carbocycles. The maximum absolute atomic E-state index is 12.5. The first kappa shape index (κ1) is 16.4. The third kappa shape index (κ3) is 2.98. The molecule has 0 aliphatic rings. The summed E-state index contributed by atoms with van der Waals surface area (Å²) in [6.07, 6.45) is 0. The summed E-state index contributed by atoms with van der Waals surface area (Å²) in [5.74, 6) is -0.290. The van der Waals surface area contributed by atoms with E-state index in [1.807, 2.05) is 13.0 Å². The molecule has 1 heterocycles. The van der Waals surface area contributed by atoms with Crippen LogP contribution in [0.4, 0.5) is 5.69 Å². The molecule has 0 saturated carbocycles. The number of hydrogen-bond donors (Lipinski definition) is 2. The number of amides is 1. The lowest BCUT2D eigenvalue weighted by Gasteiger charge is -2.10. The summed E-state index contributed by atoms with van der Waals surface area (Å²) in [5, 5.41) is 3.84. The largest absolute Gasteiger partial charge is 0.332 e. The van der Waals surface area contributed by atoms with E-state index in [9.17, 15) is 9.59 Å². The van der Waals surface area contributed by atoms with Crippen molar-refractivity contribution in [3.8, 4) is 0 Å². The maximum Gasteiger partial charge on any atom is 0.261 e. The molecule has 2 N–H and O–H groups in total. The number of nitrogens with zero attached hydrogens (tertiary/aromatic N) is 1. The van der Waals surface area contributed by atoms with Crippen LogP contribution in [0.1, 0.15) is 15.9 Å². The van der Waals surface area contributed by atoms with E-state index in [4.69, 9.17) is 23.8 Å². The molecule has 0 spiro atoms. The fraction of sp³-hybridized carbons (Fsp3) is 0.118. The zero-order chi connectivity index (χ0) is 17.4. The van der Waals surface area contributed by atoms with Crippen LogP contribution in [0.25, 0.3) is 10.9 Å². The highest BCUT2D eigenvalue weighted by atomic mass is 35.5. The number of benzene rings is 2. The molecule has 0 unspecified atom stereocenters. The number of carbonyl (C=O) groups excluding carboxylic acids is 1. The molecular formula is C17H14ClN3O2S. The van der Waals surface area contributed by atoms with Gasteiger partial charge in [0.25, 0.3) is 11.5 Å². The van der Waals surface area contributed by atoms with Gasteiger partial charge in [0.1, 0.15) is 0 Å². The highest BCUT2D eigenvalue weighted by Crippen LogP contribution is 2.21. The average molecular weight is 360 g/mol. The van der Waals surface area contributed by atoms with Crippen LogP contribution in [0, 0.1) is 11.7 Å². The molecule has 0 aliphatic heterocycles. The van der Waals surface area contributed by atoms with Gasteiger partial charge in [0.05, 0.1) is 10.9 Å². The molecule has 0 atom stereocenters. The van der Waals surface area contributed by atoms with Crippen molar-refractivity contribution in [3.63, 3.8) is 0 Å². The van der Waals surface area contributed by atoms with Gasteiger partial charge >= 0.3 is 0 Å². The molecular weight excluding hydrogens is 346 g/mol. The number of anilines is 1. The van der Waals surface area contributed by atoms with Gasteiger partial charge in [0, 0.05) is 23.3 Å². The van der Waals surface area contributed by atoms with Crippen molar-refractivity contribution in [2.75, 3.05) is 5.32 Å². The fourth-order valence-electron chi connectivity index (χ4n) is 2.37. The maximum atomic E-state index is 12.5. The van der Waals surface area contributed by atoms with Crippen LogP contribution in [0.15, 0.2) is 41.2 Å². The second-order valence-corrected chi connectivity index (χ2v) is 6.29. The van der Waals surface area contributed by atoms with Crippen molar-refractivity contribution in [1.29, 1.82) is 0 Å². The van der Waals surface area contributed by atoms with Gasteiger partial charge in [-0.15, -0.1) is 0 Å². The first-order valence-corrected chi connectivity index (χ1v) is 7.96. The number of aryl methyl sites for hydroxylation is 1. The van der Waals surface area contributed by atoms with Gasteiger partial charge in [-0.05, 0) is 55.0 Å². The molecule has 122 valence electrons. The Balaban J connectivity index is 2.02. The smallest absolute Gasteiger partial charge is 0.261 e. The number of rotatable bonds is 2. The molecule has 7 heteroatoms. The van der Waals surface area contributed by atoms with Gasteiger partial charge in [-0.3, -0.25) is 14.2 Å². The van der Waals surface area contributed by atoms with Crippen LogP contribution in [0.5, 0.6) is 0 Å². The molecule has 3 aromatic rings. The third-order valence-electron chi connectivity index (χ3n) is 3.81. The van der Waals surface area contributed by atoms with E-state index >= 15 is 0 Å². The Labute approximate surface area is 147 Å². The lowest BCUT2D eigenvalue weighted by molar-refractivity contribution is 0.102. The van der Waals surface area contributed by atoms with Gasteiger partial charge in [-0.25, -0.2) is 0 Å². The second-order valence-electron chi connectivity index (χ2n) is 5.47. The molecule has 0 bridgehead atoms. The zero-order valence-corrected chi connectivity index (χ0v) is 14.6. The summed E-state index contributed by atoms with van der Waals surface area (Å²) in [6.45, 7) is 1.88. The number of nitrogens with one attached hydrogen (secondary N) is 2. The summed E-state index contributed by atoms with van der Waals surface area (Å²) in [6, 6.07) is 10.1. The van der Waals surface area contributed by atoms with Crippen molar-refractivity contribution in [3.05, 3.63) is 67.7 Å². The molecule has 2 aromatic carbocycles. The lowest BCUT2D eigenvalue weighted by atomic mass is 10.1. The lowest BCUT2D eigenvalue weighted by Crippen LogP contribution is -2.19. The first-order chi connectivity index (χ1) is 11.4. The van der Waals surface area contributed by atoms with E-state index in [1.54, 1.807) is 37.4 Å². The topological polar surface area (TPSA) is 66.9 Å². The molecule has 24 heavy (non-hydrogen) atoms. The minimum atomic E-state index is -0.290. The average Bonchev–Trinajstić information content (AvgIpc) is 2.55. The highest BCUT2D eigenvalue weighted by Gasteiger charge is 2.11. The predicted octanol–water partition coefficient (Wildman–Crippen LogP) is 3.81.